The zero-order valence-corrected chi connectivity index (χ0v) is 19.1. The van der Waals surface area contributed by atoms with Crippen molar-refractivity contribution in [2.45, 2.75) is 40.3 Å². The van der Waals surface area contributed by atoms with Gasteiger partial charge in [0.05, 0.1) is 10.2 Å². The molecule has 4 nitrogen and oxygen atoms in total. The average Bonchev–Trinajstić information content (AvgIpc) is 3.23. The van der Waals surface area contributed by atoms with Gasteiger partial charge in [-0.15, -0.1) is 11.3 Å². The highest BCUT2D eigenvalue weighted by Crippen LogP contribution is 2.28. The molecule has 0 spiro atoms. The van der Waals surface area contributed by atoms with E-state index >= 15 is 0 Å². The first-order valence-electron chi connectivity index (χ1n) is 9.95. The first-order chi connectivity index (χ1) is 14.3. The lowest BCUT2D eigenvalue weighted by atomic mass is 10.1. The summed E-state index contributed by atoms with van der Waals surface area (Å²) < 4.78 is 3.66. The second-order valence-corrected chi connectivity index (χ2v) is 9.36. The summed E-state index contributed by atoms with van der Waals surface area (Å²) in [5.41, 5.74) is 6.08. The summed E-state index contributed by atoms with van der Waals surface area (Å²) >= 11 is 7.42. The molecule has 0 atom stereocenters. The van der Waals surface area contributed by atoms with Gasteiger partial charge in [-0.2, -0.15) is 0 Å². The SMILES string of the molecule is Cc1cc(CN(C(=O)c2ccc3nc(Cl)sc3c2)C(C)C)c(C)n1-c1ccccc1. The molecule has 0 saturated heterocycles. The highest BCUT2D eigenvalue weighted by atomic mass is 35.5. The van der Waals surface area contributed by atoms with Gasteiger partial charge in [-0.05, 0) is 69.7 Å². The van der Waals surface area contributed by atoms with Crippen molar-refractivity contribution in [1.29, 1.82) is 0 Å². The van der Waals surface area contributed by atoms with Crippen LogP contribution < -0.4 is 0 Å². The number of para-hydroxylation sites is 1. The van der Waals surface area contributed by atoms with Gasteiger partial charge < -0.3 is 9.47 Å². The molecule has 0 fully saturated rings. The Labute approximate surface area is 185 Å². The van der Waals surface area contributed by atoms with E-state index in [9.17, 15) is 4.79 Å². The van der Waals surface area contributed by atoms with E-state index in [1.54, 1.807) is 0 Å². The van der Waals surface area contributed by atoms with Crippen LogP contribution >= 0.6 is 22.9 Å². The largest absolute Gasteiger partial charge is 0.332 e. The van der Waals surface area contributed by atoms with Crippen molar-refractivity contribution in [3.05, 3.63) is 81.6 Å². The minimum absolute atomic E-state index is 0.0148. The highest BCUT2D eigenvalue weighted by molar-refractivity contribution is 7.22. The predicted molar refractivity (Wildman–Crippen MR) is 125 cm³/mol. The van der Waals surface area contributed by atoms with Crippen LogP contribution in [0.4, 0.5) is 0 Å². The quantitative estimate of drug-likeness (QED) is 0.362. The summed E-state index contributed by atoms with van der Waals surface area (Å²) in [5, 5.41) is 0. The van der Waals surface area contributed by atoms with Gasteiger partial charge in [-0.1, -0.05) is 29.8 Å². The van der Waals surface area contributed by atoms with Crippen LogP contribution in [0.5, 0.6) is 0 Å². The summed E-state index contributed by atoms with van der Waals surface area (Å²) in [4.78, 5) is 19.6. The van der Waals surface area contributed by atoms with Crippen LogP contribution in [-0.2, 0) is 6.54 Å². The van der Waals surface area contributed by atoms with Crippen molar-refractivity contribution >= 4 is 39.1 Å². The van der Waals surface area contributed by atoms with Crippen molar-refractivity contribution < 1.29 is 4.79 Å². The fourth-order valence-corrected chi connectivity index (χ4v) is 4.90. The first-order valence-corrected chi connectivity index (χ1v) is 11.1. The van der Waals surface area contributed by atoms with E-state index in [2.05, 4.69) is 55.4 Å². The number of carbonyl (C=O) groups excluding carboxylic acids is 1. The third-order valence-corrected chi connectivity index (χ3v) is 6.51. The van der Waals surface area contributed by atoms with Gasteiger partial charge in [-0.3, -0.25) is 4.79 Å². The molecule has 2 heterocycles. The van der Waals surface area contributed by atoms with Gasteiger partial charge in [0, 0.05) is 35.2 Å². The van der Waals surface area contributed by atoms with Crippen molar-refractivity contribution in [3.63, 3.8) is 0 Å². The molecule has 0 aliphatic heterocycles. The minimum Gasteiger partial charge on any atom is -0.332 e. The Kier molecular flexibility index (Phi) is 5.67. The van der Waals surface area contributed by atoms with Crippen molar-refractivity contribution in [1.82, 2.24) is 14.5 Å². The summed E-state index contributed by atoms with van der Waals surface area (Å²) in [6, 6.07) is 18.1. The molecule has 0 unspecified atom stereocenters. The van der Waals surface area contributed by atoms with E-state index in [-0.39, 0.29) is 11.9 Å². The molecule has 0 saturated carbocycles. The average molecular weight is 438 g/mol. The number of aromatic nitrogens is 2. The maximum atomic E-state index is 13.4. The number of nitrogens with zero attached hydrogens (tertiary/aromatic N) is 3. The molecule has 0 radical (unpaired) electrons. The van der Waals surface area contributed by atoms with Gasteiger partial charge >= 0.3 is 0 Å². The summed E-state index contributed by atoms with van der Waals surface area (Å²) in [7, 11) is 0. The van der Waals surface area contributed by atoms with E-state index in [0.29, 0.717) is 16.6 Å². The number of carbonyl (C=O) groups is 1. The van der Waals surface area contributed by atoms with E-state index in [1.165, 1.54) is 11.3 Å². The number of thiazole rings is 1. The van der Waals surface area contributed by atoms with Crippen molar-refractivity contribution in [2.75, 3.05) is 0 Å². The van der Waals surface area contributed by atoms with Crippen LogP contribution in [0.1, 0.15) is 41.2 Å². The normalized spacial score (nSPS) is 11.4. The van der Waals surface area contributed by atoms with Gasteiger partial charge in [-0.25, -0.2) is 4.98 Å². The predicted octanol–water partition coefficient (Wildman–Crippen LogP) is 6.41. The second kappa shape index (κ2) is 8.25. The Bertz CT molecular complexity index is 1210. The maximum Gasteiger partial charge on any atom is 0.254 e. The van der Waals surface area contributed by atoms with Crippen LogP contribution in [0.15, 0.2) is 54.6 Å². The molecule has 2 aromatic carbocycles. The van der Waals surface area contributed by atoms with Crippen LogP contribution in [-0.4, -0.2) is 26.4 Å². The minimum atomic E-state index is 0.0148. The third kappa shape index (κ3) is 3.87. The van der Waals surface area contributed by atoms with Crippen LogP contribution in [0.3, 0.4) is 0 Å². The Morgan fingerprint density at radius 3 is 2.57 bits per heavy atom. The molecule has 4 rings (SSSR count). The van der Waals surface area contributed by atoms with Crippen LogP contribution in [0.2, 0.25) is 4.47 Å². The number of halogens is 1. The molecule has 2 aromatic heterocycles. The zero-order valence-electron chi connectivity index (χ0n) is 17.5. The van der Waals surface area contributed by atoms with E-state index in [1.807, 2.05) is 41.3 Å². The molecule has 1 amide bonds. The Hall–Kier alpha value is -2.63. The highest BCUT2D eigenvalue weighted by Gasteiger charge is 2.22. The fraction of sp³-hybridized carbons (Fsp3) is 0.250. The van der Waals surface area contributed by atoms with Crippen LogP contribution in [0.25, 0.3) is 15.9 Å². The van der Waals surface area contributed by atoms with Crippen molar-refractivity contribution in [3.8, 4) is 5.69 Å². The molecule has 0 bridgehead atoms. The molecular weight excluding hydrogens is 414 g/mol. The number of amides is 1. The third-order valence-electron chi connectivity index (χ3n) is 5.38. The molecule has 0 N–H and O–H groups in total. The monoisotopic (exact) mass is 437 g/mol. The molecule has 0 aliphatic rings. The van der Waals surface area contributed by atoms with E-state index in [0.717, 1.165) is 32.9 Å². The second-order valence-electron chi connectivity index (χ2n) is 7.74. The number of fused-ring (bicyclic) bond motifs is 1. The molecule has 30 heavy (non-hydrogen) atoms. The van der Waals surface area contributed by atoms with Gasteiger partial charge in [0.25, 0.3) is 5.91 Å². The van der Waals surface area contributed by atoms with E-state index in [4.69, 9.17) is 11.6 Å². The lowest BCUT2D eigenvalue weighted by Gasteiger charge is -2.27. The van der Waals surface area contributed by atoms with Gasteiger partial charge in [0.15, 0.2) is 4.47 Å². The standard InChI is InChI=1S/C24H24ClN3OS/c1-15(2)27(23(29)18-10-11-21-22(13-18)30-24(25)26-21)14-19-12-16(3)28(17(19)4)20-8-6-5-7-9-20/h5-13,15H,14H2,1-4H3. The van der Waals surface area contributed by atoms with Gasteiger partial charge in [0.2, 0.25) is 0 Å². The van der Waals surface area contributed by atoms with E-state index < -0.39 is 0 Å². The number of hydrogen-bond donors (Lipinski definition) is 0. The smallest absolute Gasteiger partial charge is 0.254 e. The Balaban J connectivity index is 1.66. The zero-order chi connectivity index (χ0) is 21.4. The topological polar surface area (TPSA) is 38.1 Å². The number of aryl methyl sites for hydroxylation is 1. The summed E-state index contributed by atoms with van der Waals surface area (Å²) in [5.74, 6) is 0.0148. The molecule has 154 valence electrons. The summed E-state index contributed by atoms with van der Waals surface area (Å²) in [6.45, 7) is 8.88. The number of rotatable bonds is 5. The molecule has 4 aromatic rings. The fourth-order valence-electron chi connectivity index (χ4n) is 3.83. The Morgan fingerprint density at radius 2 is 1.87 bits per heavy atom. The lowest BCUT2D eigenvalue weighted by Crippen LogP contribution is -2.36. The molecule has 6 heteroatoms. The Morgan fingerprint density at radius 1 is 1.13 bits per heavy atom. The maximum absolute atomic E-state index is 13.4. The number of hydrogen-bond acceptors (Lipinski definition) is 3. The van der Waals surface area contributed by atoms with Gasteiger partial charge in [0.1, 0.15) is 0 Å². The first kappa shape index (κ1) is 20.6. The number of benzene rings is 2. The molecule has 0 aliphatic carbocycles. The van der Waals surface area contributed by atoms with Crippen molar-refractivity contribution in [2.24, 2.45) is 0 Å². The molecular formula is C24H24ClN3OS. The lowest BCUT2D eigenvalue weighted by molar-refractivity contribution is 0.0690. The van der Waals surface area contributed by atoms with Crippen LogP contribution in [0, 0.1) is 13.8 Å². The summed E-state index contributed by atoms with van der Waals surface area (Å²) in [6.07, 6.45) is 0.